The third-order valence-corrected chi connectivity index (χ3v) is 3.02. The van der Waals surface area contributed by atoms with E-state index in [2.05, 4.69) is 0 Å². The van der Waals surface area contributed by atoms with Gasteiger partial charge in [-0.05, 0) is 18.1 Å². The van der Waals surface area contributed by atoms with Crippen LogP contribution in [0.1, 0.15) is 5.56 Å². The highest BCUT2D eigenvalue weighted by Crippen LogP contribution is 2.20. The number of benzene rings is 1. The summed E-state index contributed by atoms with van der Waals surface area (Å²) in [7, 11) is -3.77. The van der Waals surface area contributed by atoms with Crippen LogP contribution in [0.2, 0.25) is 0 Å². The fraction of sp³-hybridized carbons (Fsp3) is 0.333. The summed E-state index contributed by atoms with van der Waals surface area (Å²) in [5, 5.41) is 8.56. The Morgan fingerprint density at radius 1 is 1.27 bits per heavy atom. The van der Waals surface area contributed by atoms with Gasteiger partial charge in [0, 0.05) is 12.9 Å². The Balaban J connectivity index is 3.34. The molecular formula is C9H10F2O3S. The Kier molecular flexibility index (Phi) is 3.41. The first kappa shape index (κ1) is 12.1. The molecule has 0 aliphatic carbocycles. The summed E-state index contributed by atoms with van der Waals surface area (Å²) in [6.45, 7) is -0.325. The first-order valence-corrected chi connectivity index (χ1v) is 6.05. The predicted octanol–water partition coefficient (Wildman–Crippen LogP) is 0.903. The third-order valence-electron chi connectivity index (χ3n) is 1.91. The third kappa shape index (κ3) is 2.51. The number of aliphatic hydroxyl groups is 1. The first-order chi connectivity index (χ1) is 6.88. The van der Waals surface area contributed by atoms with Crippen molar-refractivity contribution in [3.63, 3.8) is 0 Å². The van der Waals surface area contributed by atoms with Crippen LogP contribution in [0.25, 0.3) is 0 Å². The lowest BCUT2D eigenvalue weighted by molar-refractivity contribution is 0.296. The monoisotopic (exact) mass is 236 g/mol. The average molecular weight is 236 g/mol. The fourth-order valence-electron chi connectivity index (χ4n) is 1.17. The molecule has 3 nitrogen and oxygen atoms in total. The molecule has 0 aliphatic rings. The molecule has 6 heteroatoms. The van der Waals surface area contributed by atoms with Gasteiger partial charge < -0.3 is 5.11 Å². The van der Waals surface area contributed by atoms with Crippen LogP contribution in [0.3, 0.4) is 0 Å². The van der Waals surface area contributed by atoms with Gasteiger partial charge in [0.25, 0.3) is 0 Å². The Bertz CT molecular complexity index is 468. The summed E-state index contributed by atoms with van der Waals surface area (Å²) in [4.78, 5) is -0.665. The van der Waals surface area contributed by atoms with Crippen molar-refractivity contribution >= 4 is 9.84 Å². The van der Waals surface area contributed by atoms with Gasteiger partial charge in [-0.3, -0.25) is 0 Å². The lowest BCUT2D eigenvalue weighted by atomic mass is 10.1. The number of hydrogen-bond acceptors (Lipinski definition) is 3. The van der Waals surface area contributed by atoms with Crippen molar-refractivity contribution in [3.05, 3.63) is 29.3 Å². The van der Waals surface area contributed by atoms with Crippen molar-refractivity contribution in [2.45, 2.75) is 11.3 Å². The average Bonchev–Trinajstić information content (AvgIpc) is 2.11. The normalized spacial score (nSPS) is 11.7. The Hall–Kier alpha value is -1.01. The van der Waals surface area contributed by atoms with Crippen molar-refractivity contribution in [1.29, 1.82) is 0 Å². The molecule has 0 unspecified atom stereocenters. The predicted molar refractivity (Wildman–Crippen MR) is 50.3 cm³/mol. The zero-order valence-electron chi connectivity index (χ0n) is 8.00. The molecule has 0 amide bonds. The molecule has 0 aliphatic heterocycles. The van der Waals surface area contributed by atoms with E-state index in [4.69, 9.17) is 5.11 Å². The van der Waals surface area contributed by atoms with Gasteiger partial charge in [0.05, 0.1) is 0 Å². The summed E-state index contributed by atoms with van der Waals surface area (Å²) < 4.78 is 48.5. The molecular weight excluding hydrogens is 226 g/mol. The second-order valence-corrected chi connectivity index (χ2v) is 5.08. The standard InChI is InChI=1S/C9H10F2O3S/c1-15(13,14)7-3-2-6(4-5-12)8(10)9(7)11/h2-3,12H,4-5H2,1H3. The molecule has 0 radical (unpaired) electrons. The van der Waals surface area contributed by atoms with Crippen LogP contribution in [-0.4, -0.2) is 26.4 Å². The Morgan fingerprint density at radius 2 is 1.87 bits per heavy atom. The molecule has 15 heavy (non-hydrogen) atoms. The fourth-order valence-corrected chi connectivity index (χ4v) is 1.90. The van der Waals surface area contributed by atoms with E-state index in [0.717, 1.165) is 18.4 Å². The summed E-state index contributed by atoms with van der Waals surface area (Å²) >= 11 is 0. The van der Waals surface area contributed by atoms with E-state index >= 15 is 0 Å². The Labute approximate surface area is 86.3 Å². The van der Waals surface area contributed by atoms with Gasteiger partial charge >= 0.3 is 0 Å². The minimum absolute atomic E-state index is 0.0394. The van der Waals surface area contributed by atoms with Crippen LogP contribution in [0, 0.1) is 11.6 Å². The van der Waals surface area contributed by atoms with E-state index in [1.54, 1.807) is 0 Å². The lowest BCUT2D eigenvalue weighted by Gasteiger charge is -2.05. The molecule has 0 bridgehead atoms. The lowest BCUT2D eigenvalue weighted by Crippen LogP contribution is -2.06. The zero-order chi connectivity index (χ0) is 11.6. The maximum Gasteiger partial charge on any atom is 0.178 e. The van der Waals surface area contributed by atoms with Crippen molar-refractivity contribution in [2.75, 3.05) is 12.9 Å². The molecule has 0 saturated carbocycles. The number of halogens is 2. The summed E-state index contributed by atoms with van der Waals surface area (Å²) in [6, 6.07) is 2.16. The van der Waals surface area contributed by atoms with Crippen LogP contribution in [0.4, 0.5) is 8.78 Å². The summed E-state index contributed by atoms with van der Waals surface area (Å²) in [6.07, 6.45) is 0.753. The smallest absolute Gasteiger partial charge is 0.178 e. The van der Waals surface area contributed by atoms with Crippen molar-refractivity contribution in [2.24, 2.45) is 0 Å². The molecule has 84 valence electrons. The Morgan fingerprint density at radius 3 is 2.33 bits per heavy atom. The van der Waals surface area contributed by atoms with Gasteiger partial charge in [0.1, 0.15) is 4.90 Å². The van der Waals surface area contributed by atoms with Crippen LogP contribution < -0.4 is 0 Å². The van der Waals surface area contributed by atoms with E-state index in [-0.39, 0.29) is 18.6 Å². The highest BCUT2D eigenvalue weighted by atomic mass is 32.2. The molecule has 1 aromatic carbocycles. The maximum absolute atomic E-state index is 13.2. The molecule has 0 fully saturated rings. The van der Waals surface area contributed by atoms with Crippen LogP contribution in [0.5, 0.6) is 0 Å². The van der Waals surface area contributed by atoms with E-state index in [1.165, 1.54) is 0 Å². The minimum atomic E-state index is -3.77. The molecule has 0 spiro atoms. The molecule has 1 aromatic rings. The largest absolute Gasteiger partial charge is 0.396 e. The number of rotatable bonds is 3. The van der Waals surface area contributed by atoms with E-state index < -0.39 is 26.4 Å². The minimum Gasteiger partial charge on any atom is -0.396 e. The molecule has 0 heterocycles. The summed E-state index contributed by atoms with van der Waals surface area (Å²) in [5.74, 6) is -2.60. The van der Waals surface area contributed by atoms with Gasteiger partial charge in [0.15, 0.2) is 21.5 Å². The highest BCUT2D eigenvalue weighted by Gasteiger charge is 2.19. The molecule has 1 rings (SSSR count). The van der Waals surface area contributed by atoms with E-state index in [0.29, 0.717) is 0 Å². The molecule has 0 saturated heterocycles. The topological polar surface area (TPSA) is 54.4 Å². The van der Waals surface area contributed by atoms with Gasteiger partial charge in [-0.1, -0.05) is 6.07 Å². The van der Waals surface area contributed by atoms with E-state index in [1.807, 2.05) is 0 Å². The second kappa shape index (κ2) is 4.24. The maximum atomic E-state index is 13.2. The molecule has 0 aromatic heterocycles. The van der Waals surface area contributed by atoms with Crippen molar-refractivity contribution < 1.29 is 22.3 Å². The van der Waals surface area contributed by atoms with Crippen LogP contribution in [-0.2, 0) is 16.3 Å². The molecule has 1 N–H and O–H groups in total. The zero-order valence-corrected chi connectivity index (χ0v) is 8.81. The van der Waals surface area contributed by atoms with Gasteiger partial charge in [-0.25, -0.2) is 17.2 Å². The number of sulfone groups is 1. The molecule has 0 atom stereocenters. The quantitative estimate of drug-likeness (QED) is 0.848. The SMILES string of the molecule is CS(=O)(=O)c1ccc(CCO)c(F)c1F. The number of aliphatic hydroxyl groups excluding tert-OH is 1. The van der Waals surface area contributed by atoms with Gasteiger partial charge in [-0.15, -0.1) is 0 Å². The van der Waals surface area contributed by atoms with E-state index in [9.17, 15) is 17.2 Å². The van der Waals surface area contributed by atoms with Crippen molar-refractivity contribution in [1.82, 2.24) is 0 Å². The van der Waals surface area contributed by atoms with Gasteiger partial charge in [0.2, 0.25) is 0 Å². The highest BCUT2D eigenvalue weighted by molar-refractivity contribution is 7.90. The number of hydrogen-bond donors (Lipinski definition) is 1. The van der Waals surface area contributed by atoms with Gasteiger partial charge in [-0.2, -0.15) is 0 Å². The van der Waals surface area contributed by atoms with Crippen LogP contribution >= 0.6 is 0 Å². The first-order valence-electron chi connectivity index (χ1n) is 4.15. The van der Waals surface area contributed by atoms with Crippen molar-refractivity contribution in [3.8, 4) is 0 Å². The second-order valence-electron chi connectivity index (χ2n) is 3.10. The summed E-state index contributed by atoms with van der Waals surface area (Å²) in [5.41, 5.74) is -0.0394. The van der Waals surface area contributed by atoms with Crippen LogP contribution in [0.15, 0.2) is 17.0 Å².